The predicted octanol–water partition coefficient (Wildman–Crippen LogP) is 3.66. The summed E-state index contributed by atoms with van der Waals surface area (Å²) < 4.78 is 47.9. The Bertz CT molecular complexity index is 1680. The van der Waals surface area contributed by atoms with Gasteiger partial charge in [0, 0.05) is 12.8 Å². The minimum absolute atomic E-state index is 0. The second-order valence-corrected chi connectivity index (χ2v) is 15.6. The van der Waals surface area contributed by atoms with Gasteiger partial charge >= 0.3 is 0 Å². The van der Waals surface area contributed by atoms with Crippen molar-refractivity contribution >= 4 is 51.1 Å². The summed E-state index contributed by atoms with van der Waals surface area (Å²) in [6, 6.07) is 2.73. The number of allylic oxidation sites excluding steroid dienone is 2. The number of hydrogen-bond donors (Lipinski definition) is 2. The number of nitrogens with two attached hydrogens (primary N) is 1. The molecule has 11 nitrogen and oxygen atoms in total. The fraction of sp³-hybridized carbons (Fsp3) is 0.594. The van der Waals surface area contributed by atoms with Crippen LogP contribution in [0.25, 0.3) is 11.0 Å². The molecular weight excluding hydrogens is 637 g/mol. The lowest BCUT2D eigenvalue weighted by Crippen LogP contribution is -2.50. The molecule has 3 heterocycles. The molecule has 2 aromatic rings. The van der Waals surface area contributed by atoms with Gasteiger partial charge in [-0.3, -0.25) is 19.1 Å². The number of aromatic nitrogens is 2. The van der Waals surface area contributed by atoms with E-state index in [1.165, 1.54) is 11.0 Å². The zero-order valence-electron chi connectivity index (χ0n) is 26.0. The number of aryl methyl sites for hydroxylation is 1. The average molecular weight is 678 g/mol. The first-order valence-electron chi connectivity index (χ1n) is 15.8. The first-order chi connectivity index (χ1) is 21.3. The quantitative estimate of drug-likeness (QED) is 0.450. The summed E-state index contributed by atoms with van der Waals surface area (Å²) in [5, 5.41) is 0. The number of hydrogen-bond acceptors (Lipinski definition) is 9. The van der Waals surface area contributed by atoms with Crippen LogP contribution in [0.3, 0.4) is 0 Å². The van der Waals surface area contributed by atoms with Crippen LogP contribution in [0.15, 0.2) is 30.4 Å². The standard InChI is InChI=1S/C32H40FN5O6S.ClH/c1-19-28(36-27-22(33)10-8-12-24(27)35-19)44-21-15-25-26(39)17-32(30(41)37-45(42,43)31(2)13-14-31)16-20(32)9-6-4-3-5-7-11-23(34)29(40)38(25)18-21;/h6,8-10,12,20-21,23,25H,3-5,7,11,13-18,34H2,1-2H3,(H,37,41);1H/b9-6-;/t20-,21-,23+,25?,32-;/m1./s1. The van der Waals surface area contributed by atoms with Crippen LogP contribution in [-0.4, -0.2) is 70.4 Å². The minimum atomic E-state index is -3.91. The summed E-state index contributed by atoms with van der Waals surface area (Å²) >= 11 is 0. The van der Waals surface area contributed by atoms with Gasteiger partial charge in [-0.1, -0.05) is 31.1 Å². The molecular formula is C32H41ClFN5O6S. The maximum atomic E-state index is 14.5. The SMILES string of the molecule is Cc1nc2cccc(F)c2nc1O[C@@H]1CC2C(=O)C[C@]3(C(=O)NS(=O)(=O)C4(C)CC4)C[C@H]3/C=C\CCCCC[C@H](N)C(=O)N2C1.Cl. The minimum Gasteiger partial charge on any atom is -0.471 e. The fourth-order valence-electron chi connectivity index (χ4n) is 6.57. The molecule has 1 aromatic heterocycles. The lowest BCUT2D eigenvalue weighted by Gasteiger charge is -2.27. The van der Waals surface area contributed by atoms with E-state index in [9.17, 15) is 27.2 Å². The zero-order valence-corrected chi connectivity index (χ0v) is 27.7. The van der Waals surface area contributed by atoms with Crippen molar-refractivity contribution < 1.29 is 31.9 Å². The fourth-order valence-corrected chi connectivity index (χ4v) is 7.90. The molecule has 250 valence electrons. The van der Waals surface area contributed by atoms with Gasteiger partial charge in [-0.05, 0) is 70.4 Å². The number of carbonyl (C=O) groups is 3. The van der Waals surface area contributed by atoms with E-state index in [0.29, 0.717) is 36.9 Å². The number of halogens is 2. The summed E-state index contributed by atoms with van der Waals surface area (Å²) in [5.74, 6) is -2.15. The molecule has 5 atom stereocenters. The molecule has 2 aliphatic heterocycles. The number of benzene rings is 1. The number of amides is 2. The topological polar surface area (TPSA) is 162 Å². The molecule has 2 aliphatic carbocycles. The van der Waals surface area contributed by atoms with E-state index in [2.05, 4.69) is 14.7 Å². The monoisotopic (exact) mass is 677 g/mol. The van der Waals surface area contributed by atoms with Crippen molar-refractivity contribution in [3.05, 3.63) is 41.9 Å². The van der Waals surface area contributed by atoms with Gasteiger partial charge in [0.15, 0.2) is 11.6 Å². The van der Waals surface area contributed by atoms with Gasteiger partial charge in [0.2, 0.25) is 27.7 Å². The number of para-hydroxylation sites is 1. The van der Waals surface area contributed by atoms with Crippen molar-refractivity contribution in [2.75, 3.05) is 6.54 Å². The van der Waals surface area contributed by atoms with E-state index in [-0.39, 0.29) is 60.8 Å². The van der Waals surface area contributed by atoms with Gasteiger partial charge in [0.1, 0.15) is 17.3 Å². The van der Waals surface area contributed by atoms with Gasteiger partial charge in [-0.2, -0.15) is 0 Å². The number of sulfonamides is 1. The van der Waals surface area contributed by atoms with Crippen LogP contribution in [0.2, 0.25) is 0 Å². The van der Waals surface area contributed by atoms with Crippen molar-refractivity contribution in [2.45, 2.75) is 101 Å². The van der Waals surface area contributed by atoms with Gasteiger partial charge in [-0.15, -0.1) is 12.4 Å². The number of carbonyl (C=O) groups excluding carboxylic acids is 3. The van der Waals surface area contributed by atoms with Crippen LogP contribution in [-0.2, 0) is 24.4 Å². The molecule has 14 heteroatoms. The van der Waals surface area contributed by atoms with Gasteiger partial charge < -0.3 is 15.4 Å². The second kappa shape index (κ2) is 12.8. The lowest BCUT2D eigenvalue weighted by molar-refractivity contribution is -0.140. The molecule has 2 saturated carbocycles. The number of ether oxygens (including phenoxy) is 1. The predicted molar refractivity (Wildman–Crippen MR) is 171 cm³/mol. The molecule has 0 spiro atoms. The maximum absolute atomic E-state index is 14.5. The van der Waals surface area contributed by atoms with Crippen molar-refractivity contribution in [1.29, 1.82) is 0 Å². The Morgan fingerprint density at radius 1 is 1.17 bits per heavy atom. The first kappa shape index (κ1) is 34.2. The third-order valence-corrected chi connectivity index (χ3v) is 12.1. The maximum Gasteiger partial charge on any atom is 0.240 e. The van der Waals surface area contributed by atoms with Crippen LogP contribution < -0.4 is 15.2 Å². The van der Waals surface area contributed by atoms with Crippen LogP contribution in [0.4, 0.5) is 4.39 Å². The number of nitrogens with one attached hydrogen (secondary N) is 1. The highest BCUT2D eigenvalue weighted by atomic mass is 35.5. The molecule has 3 N–H and O–H groups in total. The Balaban J connectivity index is 0.00000417. The average Bonchev–Trinajstić information content (AvgIpc) is 3.86. The summed E-state index contributed by atoms with van der Waals surface area (Å²) in [5.41, 5.74) is 5.97. The Kier molecular flexibility index (Phi) is 9.51. The van der Waals surface area contributed by atoms with Crippen molar-refractivity contribution in [1.82, 2.24) is 19.6 Å². The Morgan fingerprint density at radius 2 is 1.93 bits per heavy atom. The van der Waals surface area contributed by atoms with E-state index in [1.807, 2.05) is 12.2 Å². The number of nitrogens with zero attached hydrogens (tertiary/aromatic N) is 3. The summed E-state index contributed by atoms with van der Waals surface area (Å²) in [4.78, 5) is 51.5. The summed E-state index contributed by atoms with van der Waals surface area (Å²) in [6.45, 7) is 3.34. The van der Waals surface area contributed by atoms with Crippen molar-refractivity contribution in [3.63, 3.8) is 0 Å². The molecule has 0 radical (unpaired) electrons. The second-order valence-electron chi connectivity index (χ2n) is 13.4. The first-order valence-corrected chi connectivity index (χ1v) is 17.2. The molecule has 1 aromatic carbocycles. The summed E-state index contributed by atoms with van der Waals surface area (Å²) in [6.07, 6.45) is 8.15. The van der Waals surface area contributed by atoms with E-state index in [1.54, 1.807) is 26.0 Å². The Hall–Kier alpha value is -3.16. The number of rotatable bonds is 5. The van der Waals surface area contributed by atoms with E-state index in [0.717, 1.165) is 25.7 Å². The highest BCUT2D eigenvalue weighted by Crippen LogP contribution is 2.57. The van der Waals surface area contributed by atoms with Crippen LogP contribution in [0.5, 0.6) is 5.88 Å². The Morgan fingerprint density at radius 3 is 2.67 bits per heavy atom. The molecule has 1 unspecified atom stereocenters. The number of ketones is 1. The van der Waals surface area contributed by atoms with Crippen LogP contribution >= 0.6 is 12.4 Å². The highest BCUT2D eigenvalue weighted by Gasteiger charge is 2.62. The smallest absolute Gasteiger partial charge is 0.240 e. The number of Topliss-reactive ketones (excluding diaryl/α,β-unsaturated/α-hetero) is 1. The van der Waals surface area contributed by atoms with Gasteiger partial charge in [0.05, 0.1) is 34.3 Å². The molecule has 3 fully saturated rings. The van der Waals surface area contributed by atoms with Crippen LogP contribution in [0, 0.1) is 24.1 Å². The zero-order chi connectivity index (χ0) is 32.1. The molecule has 4 aliphatic rings. The van der Waals surface area contributed by atoms with E-state index >= 15 is 0 Å². The molecule has 2 amide bonds. The van der Waals surface area contributed by atoms with Gasteiger partial charge in [-0.25, -0.2) is 22.8 Å². The molecule has 1 saturated heterocycles. The van der Waals surface area contributed by atoms with Crippen molar-refractivity contribution in [2.24, 2.45) is 17.1 Å². The highest BCUT2D eigenvalue weighted by molar-refractivity contribution is 7.91. The third-order valence-electron chi connectivity index (χ3n) is 9.95. The third kappa shape index (κ3) is 6.50. The normalized spacial score (nSPS) is 30.2. The van der Waals surface area contributed by atoms with Crippen molar-refractivity contribution in [3.8, 4) is 5.88 Å². The number of fused-ring (bicyclic) bond motifs is 3. The van der Waals surface area contributed by atoms with Gasteiger partial charge in [0.25, 0.3) is 0 Å². The van der Waals surface area contributed by atoms with E-state index < -0.39 is 50.1 Å². The summed E-state index contributed by atoms with van der Waals surface area (Å²) in [7, 11) is -3.91. The molecule has 6 rings (SSSR count). The lowest BCUT2D eigenvalue weighted by atomic mass is 9.91. The molecule has 46 heavy (non-hydrogen) atoms. The Labute approximate surface area is 274 Å². The molecule has 0 bridgehead atoms. The largest absolute Gasteiger partial charge is 0.471 e. The van der Waals surface area contributed by atoms with E-state index in [4.69, 9.17) is 10.5 Å². The van der Waals surface area contributed by atoms with Crippen LogP contribution in [0.1, 0.15) is 76.8 Å².